The average Bonchev–Trinajstić information content (AvgIpc) is 2.78. The Labute approximate surface area is 174 Å². The number of piperidine rings is 1. The number of methoxy groups -OCH3 is 2. The fraction of sp³-hybridized carbons (Fsp3) is 0.318. The molecule has 2 aromatic carbocycles. The quantitative estimate of drug-likeness (QED) is 0.576. The molecule has 0 aromatic heterocycles. The highest BCUT2D eigenvalue weighted by Gasteiger charge is 2.29. The van der Waals surface area contributed by atoms with Gasteiger partial charge in [0, 0.05) is 30.3 Å². The average molecular weight is 412 g/mol. The largest absolute Gasteiger partial charge is 0.497 e. The lowest BCUT2D eigenvalue weighted by Gasteiger charge is -2.31. The van der Waals surface area contributed by atoms with Crippen LogP contribution in [0.15, 0.2) is 42.5 Å². The first-order valence-corrected chi connectivity index (χ1v) is 9.55. The Morgan fingerprint density at radius 3 is 2.07 bits per heavy atom. The van der Waals surface area contributed by atoms with Crippen LogP contribution >= 0.6 is 0 Å². The Kier molecular flexibility index (Phi) is 6.56. The summed E-state index contributed by atoms with van der Waals surface area (Å²) in [7, 11) is 3.05. The molecule has 30 heavy (non-hydrogen) atoms. The van der Waals surface area contributed by atoms with Crippen molar-refractivity contribution in [2.75, 3.05) is 27.3 Å². The van der Waals surface area contributed by atoms with Crippen LogP contribution in [0.25, 0.3) is 0 Å². The number of likely N-dealkylation sites (tertiary alicyclic amines) is 1. The Bertz CT molecular complexity index is 928. The number of ether oxygens (including phenoxy) is 3. The van der Waals surface area contributed by atoms with Gasteiger partial charge in [0.15, 0.2) is 0 Å². The Morgan fingerprint density at radius 1 is 0.900 bits per heavy atom. The van der Waals surface area contributed by atoms with Crippen LogP contribution < -0.4 is 19.9 Å². The van der Waals surface area contributed by atoms with Crippen molar-refractivity contribution in [3.05, 3.63) is 53.6 Å². The van der Waals surface area contributed by atoms with Gasteiger partial charge in [-0.05, 0) is 43.2 Å². The maximum atomic E-state index is 12.9. The molecule has 3 rings (SSSR count). The number of carbonyl (C=O) groups excluding carboxylic acids is 3. The van der Waals surface area contributed by atoms with E-state index in [0.29, 0.717) is 43.0 Å². The fourth-order valence-corrected chi connectivity index (χ4v) is 3.34. The molecule has 8 nitrogen and oxygen atoms in total. The Morgan fingerprint density at radius 2 is 1.50 bits per heavy atom. The smallest absolute Gasteiger partial charge is 0.314 e. The van der Waals surface area contributed by atoms with Crippen LogP contribution in [0.2, 0.25) is 0 Å². The van der Waals surface area contributed by atoms with Crippen LogP contribution in [0.5, 0.6) is 17.2 Å². The lowest BCUT2D eigenvalue weighted by molar-refractivity contribution is -0.140. The molecule has 0 bridgehead atoms. The van der Waals surface area contributed by atoms with Crippen LogP contribution in [-0.4, -0.2) is 50.0 Å². The number of rotatable bonds is 6. The lowest BCUT2D eigenvalue weighted by Crippen LogP contribution is -2.41. The summed E-state index contributed by atoms with van der Waals surface area (Å²) in [5.41, 5.74) is 5.99. The van der Waals surface area contributed by atoms with Crippen molar-refractivity contribution >= 4 is 17.8 Å². The first-order chi connectivity index (χ1) is 14.4. The molecule has 2 aromatic rings. The molecule has 2 N–H and O–H groups in total. The summed E-state index contributed by atoms with van der Waals surface area (Å²) < 4.78 is 15.8. The molecule has 0 aliphatic carbocycles. The third-order valence-corrected chi connectivity index (χ3v) is 5.05. The van der Waals surface area contributed by atoms with Crippen LogP contribution in [0, 0.1) is 5.92 Å². The fourth-order valence-electron chi connectivity index (χ4n) is 3.34. The lowest BCUT2D eigenvalue weighted by atomic mass is 9.96. The number of esters is 1. The van der Waals surface area contributed by atoms with Gasteiger partial charge in [0.05, 0.1) is 20.1 Å². The molecule has 0 radical (unpaired) electrons. The Balaban J connectivity index is 1.60. The molecule has 1 saturated heterocycles. The van der Waals surface area contributed by atoms with Crippen molar-refractivity contribution in [3.8, 4) is 17.2 Å². The zero-order chi connectivity index (χ0) is 21.7. The second kappa shape index (κ2) is 9.30. The maximum absolute atomic E-state index is 12.9. The van der Waals surface area contributed by atoms with Crippen LogP contribution in [-0.2, 0) is 4.79 Å². The maximum Gasteiger partial charge on any atom is 0.314 e. The number of hydrogen-bond donors (Lipinski definition) is 1. The van der Waals surface area contributed by atoms with Gasteiger partial charge in [0.1, 0.15) is 17.2 Å². The predicted molar refractivity (Wildman–Crippen MR) is 109 cm³/mol. The topological polar surface area (TPSA) is 108 Å². The van der Waals surface area contributed by atoms with Crippen molar-refractivity contribution in [2.45, 2.75) is 12.8 Å². The zero-order valence-electron chi connectivity index (χ0n) is 16.9. The summed E-state index contributed by atoms with van der Waals surface area (Å²) in [5, 5.41) is 0. The first-order valence-electron chi connectivity index (χ1n) is 9.55. The van der Waals surface area contributed by atoms with Crippen molar-refractivity contribution in [1.29, 1.82) is 0 Å². The molecule has 158 valence electrons. The molecule has 1 aliphatic rings. The van der Waals surface area contributed by atoms with Crippen LogP contribution in [0.4, 0.5) is 0 Å². The standard InChI is InChI=1S/C22H24N2O6/c1-28-18-11-16(12-19(13-18)29-2)21(26)24-8-6-14(7-9-24)22(27)30-17-5-3-4-15(10-17)20(23)25/h3-5,10-14H,6-9H2,1-2H3,(H2,23,25). The number of carbonyl (C=O) groups is 3. The number of nitrogens with zero attached hydrogens (tertiary/aromatic N) is 1. The molecule has 0 spiro atoms. The molecule has 1 aliphatic heterocycles. The van der Waals surface area contributed by atoms with Crippen molar-refractivity contribution < 1.29 is 28.6 Å². The van der Waals surface area contributed by atoms with Gasteiger partial charge in [-0.2, -0.15) is 0 Å². The molecule has 8 heteroatoms. The summed E-state index contributed by atoms with van der Waals surface area (Å²) >= 11 is 0. The van der Waals surface area contributed by atoms with Gasteiger partial charge in [0.25, 0.3) is 5.91 Å². The number of amides is 2. The number of hydrogen-bond acceptors (Lipinski definition) is 6. The van der Waals surface area contributed by atoms with Crippen molar-refractivity contribution in [3.63, 3.8) is 0 Å². The second-order valence-electron chi connectivity index (χ2n) is 6.98. The second-order valence-corrected chi connectivity index (χ2v) is 6.98. The molecular formula is C22H24N2O6. The van der Waals surface area contributed by atoms with Gasteiger partial charge >= 0.3 is 5.97 Å². The summed E-state index contributed by atoms with van der Waals surface area (Å²) in [6.45, 7) is 0.860. The summed E-state index contributed by atoms with van der Waals surface area (Å²) in [5.74, 6) is -0.0954. The molecule has 1 heterocycles. The van der Waals surface area contributed by atoms with E-state index in [-0.39, 0.29) is 29.1 Å². The zero-order valence-corrected chi connectivity index (χ0v) is 16.9. The minimum absolute atomic E-state index is 0.145. The van der Waals surface area contributed by atoms with E-state index in [1.165, 1.54) is 20.3 Å². The number of benzene rings is 2. The summed E-state index contributed by atoms with van der Waals surface area (Å²) in [4.78, 5) is 38.3. The third-order valence-electron chi connectivity index (χ3n) is 5.05. The number of nitrogens with two attached hydrogens (primary N) is 1. The van der Waals surface area contributed by atoms with E-state index in [9.17, 15) is 14.4 Å². The van der Waals surface area contributed by atoms with E-state index < -0.39 is 5.91 Å². The summed E-state index contributed by atoms with van der Waals surface area (Å²) in [6, 6.07) is 11.2. The SMILES string of the molecule is COc1cc(OC)cc(C(=O)N2CCC(C(=O)Oc3cccc(C(N)=O)c3)CC2)c1. The minimum atomic E-state index is -0.589. The molecule has 2 amide bonds. The molecule has 0 atom stereocenters. The molecule has 0 saturated carbocycles. The normalized spacial score (nSPS) is 14.1. The van der Waals surface area contributed by atoms with Crippen molar-refractivity contribution in [2.24, 2.45) is 11.7 Å². The van der Waals surface area contributed by atoms with Gasteiger partial charge in [-0.1, -0.05) is 6.07 Å². The van der Waals surface area contributed by atoms with E-state index in [1.54, 1.807) is 41.3 Å². The molecule has 0 unspecified atom stereocenters. The van der Waals surface area contributed by atoms with Gasteiger partial charge < -0.3 is 24.8 Å². The van der Waals surface area contributed by atoms with Gasteiger partial charge in [0.2, 0.25) is 5.91 Å². The van der Waals surface area contributed by atoms with E-state index in [2.05, 4.69) is 0 Å². The Hall–Kier alpha value is -3.55. The van der Waals surface area contributed by atoms with Crippen LogP contribution in [0.1, 0.15) is 33.6 Å². The monoisotopic (exact) mass is 412 g/mol. The van der Waals surface area contributed by atoms with Gasteiger partial charge in [-0.3, -0.25) is 14.4 Å². The predicted octanol–water partition coefficient (Wildman–Crippen LogP) is 2.26. The minimum Gasteiger partial charge on any atom is -0.497 e. The third kappa shape index (κ3) is 4.89. The highest BCUT2D eigenvalue weighted by molar-refractivity contribution is 5.95. The summed E-state index contributed by atoms with van der Waals surface area (Å²) in [6.07, 6.45) is 0.975. The van der Waals surface area contributed by atoms with Crippen molar-refractivity contribution in [1.82, 2.24) is 4.90 Å². The van der Waals surface area contributed by atoms with Gasteiger partial charge in [-0.25, -0.2) is 0 Å². The highest BCUT2D eigenvalue weighted by Crippen LogP contribution is 2.26. The molecular weight excluding hydrogens is 388 g/mol. The van der Waals surface area contributed by atoms with E-state index in [1.807, 2.05) is 0 Å². The van der Waals surface area contributed by atoms with E-state index in [4.69, 9.17) is 19.9 Å². The van der Waals surface area contributed by atoms with E-state index in [0.717, 1.165) is 0 Å². The van der Waals surface area contributed by atoms with E-state index >= 15 is 0 Å². The highest BCUT2D eigenvalue weighted by atomic mass is 16.5. The number of primary amides is 1. The van der Waals surface area contributed by atoms with Crippen LogP contribution in [0.3, 0.4) is 0 Å². The molecule has 1 fully saturated rings. The first kappa shape index (κ1) is 21.2. The van der Waals surface area contributed by atoms with Gasteiger partial charge in [-0.15, -0.1) is 0 Å².